The SMILES string of the molecule is CCOc1ccc(C2CCC(COc3ccc(C4CCC(OCC)CC4)c(F)c3F)CC2)c(F)c1F. The van der Waals surface area contributed by atoms with Gasteiger partial charge in [0.05, 0.1) is 19.3 Å². The van der Waals surface area contributed by atoms with E-state index < -0.39 is 23.3 Å². The van der Waals surface area contributed by atoms with Gasteiger partial charge in [0.15, 0.2) is 23.1 Å². The van der Waals surface area contributed by atoms with E-state index in [4.69, 9.17) is 14.2 Å². The zero-order chi connectivity index (χ0) is 25.7. The molecule has 0 spiro atoms. The smallest absolute Gasteiger partial charge is 0.200 e. The van der Waals surface area contributed by atoms with Gasteiger partial charge < -0.3 is 14.2 Å². The van der Waals surface area contributed by atoms with Crippen LogP contribution in [0.25, 0.3) is 0 Å². The highest BCUT2D eigenvalue weighted by Crippen LogP contribution is 2.40. The number of ether oxygens (including phenoxy) is 3. The molecule has 0 atom stereocenters. The maximum atomic E-state index is 14.9. The largest absolute Gasteiger partial charge is 0.491 e. The van der Waals surface area contributed by atoms with Gasteiger partial charge in [-0.05, 0) is 106 Å². The van der Waals surface area contributed by atoms with Gasteiger partial charge in [0.1, 0.15) is 0 Å². The molecule has 0 amide bonds. The molecule has 2 aromatic carbocycles. The summed E-state index contributed by atoms with van der Waals surface area (Å²) in [6.45, 7) is 4.89. The van der Waals surface area contributed by atoms with Crippen molar-refractivity contribution in [2.24, 2.45) is 5.92 Å². The van der Waals surface area contributed by atoms with E-state index in [2.05, 4.69) is 0 Å². The molecule has 0 unspecified atom stereocenters. The van der Waals surface area contributed by atoms with Crippen LogP contribution in [0.2, 0.25) is 0 Å². The number of rotatable bonds is 9. The third kappa shape index (κ3) is 5.99. The van der Waals surface area contributed by atoms with Gasteiger partial charge in [0, 0.05) is 6.61 Å². The zero-order valence-electron chi connectivity index (χ0n) is 21.1. The van der Waals surface area contributed by atoms with Crippen molar-refractivity contribution in [3.63, 3.8) is 0 Å². The lowest BCUT2D eigenvalue weighted by Gasteiger charge is -2.30. The number of hydrogen-bond acceptors (Lipinski definition) is 3. The predicted octanol–water partition coefficient (Wildman–Crippen LogP) is 8.06. The van der Waals surface area contributed by atoms with Crippen molar-refractivity contribution in [1.29, 1.82) is 0 Å². The summed E-state index contributed by atoms with van der Waals surface area (Å²) in [4.78, 5) is 0. The molecule has 2 aliphatic rings. The van der Waals surface area contributed by atoms with Crippen LogP contribution in [-0.4, -0.2) is 25.9 Å². The summed E-state index contributed by atoms with van der Waals surface area (Å²) in [5.41, 5.74) is 0.786. The van der Waals surface area contributed by atoms with Crippen LogP contribution >= 0.6 is 0 Å². The van der Waals surface area contributed by atoms with Crippen LogP contribution in [0.5, 0.6) is 11.5 Å². The quantitative estimate of drug-likeness (QED) is 0.321. The van der Waals surface area contributed by atoms with Crippen LogP contribution in [0, 0.1) is 29.2 Å². The summed E-state index contributed by atoms with van der Waals surface area (Å²) in [5.74, 6) is -3.61. The second-order valence-corrected chi connectivity index (χ2v) is 9.95. The van der Waals surface area contributed by atoms with E-state index >= 15 is 0 Å². The molecule has 2 aromatic rings. The Morgan fingerprint density at radius 2 is 1.11 bits per heavy atom. The molecule has 0 saturated heterocycles. The van der Waals surface area contributed by atoms with Crippen molar-refractivity contribution in [2.45, 2.75) is 83.2 Å². The lowest BCUT2D eigenvalue weighted by atomic mass is 9.79. The minimum Gasteiger partial charge on any atom is -0.491 e. The van der Waals surface area contributed by atoms with Crippen LogP contribution < -0.4 is 9.47 Å². The topological polar surface area (TPSA) is 27.7 Å². The highest BCUT2D eigenvalue weighted by molar-refractivity contribution is 5.34. The Morgan fingerprint density at radius 1 is 0.611 bits per heavy atom. The molecule has 0 aliphatic heterocycles. The molecule has 3 nitrogen and oxygen atoms in total. The minimum atomic E-state index is -0.942. The molecule has 2 saturated carbocycles. The molecule has 0 radical (unpaired) electrons. The van der Waals surface area contributed by atoms with Gasteiger partial charge in [0.2, 0.25) is 11.6 Å². The Morgan fingerprint density at radius 3 is 1.61 bits per heavy atom. The van der Waals surface area contributed by atoms with Gasteiger partial charge in [-0.1, -0.05) is 12.1 Å². The first-order chi connectivity index (χ1) is 17.4. The van der Waals surface area contributed by atoms with Crippen molar-refractivity contribution in [1.82, 2.24) is 0 Å². The zero-order valence-corrected chi connectivity index (χ0v) is 21.1. The average Bonchev–Trinajstić information content (AvgIpc) is 2.89. The molecule has 2 aliphatic carbocycles. The molecule has 7 heteroatoms. The lowest BCUT2D eigenvalue weighted by molar-refractivity contribution is 0.0325. The number of hydrogen-bond donors (Lipinski definition) is 0. The molecule has 36 heavy (non-hydrogen) atoms. The van der Waals surface area contributed by atoms with Gasteiger partial charge >= 0.3 is 0 Å². The van der Waals surface area contributed by atoms with E-state index in [9.17, 15) is 17.6 Å². The number of benzene rings is 2. The summed E-state index contributed by atoms with van der Waals surface area (Å²) in [6.07, 6.45) is 6.32. The molecule has 0 bridgehead atoms. The molecule has 0 heterocycles. The monoisotopic (exact) mass is 508 g/mol. The Kier molecular flexibility index (Phi) is 9.15. The van der Waals surface area contributed by atoms with Crippen molar-refractivity contribution in [2.75, 3.05) is 19.8 Å². The van der Waals surface area contributed by atoms with E-state index in [1.807, 2.05) is 6.92 Å². The Bertz CT molecular complexity index is 1010. The fourth-order valence-corrected chi connectivity index (χ4v) is 5.73. The first-order valence-corrected chi connectivity index (χ1v) is 13.3. The van der Waals surface area contributed by atoms with E-state index in [1.54, 1.807) is 19.1 Å². The maximum absolute atomic E-state index is 14.9. The molecule has 198 valence electrons. The second kappa shape index (κ2) is 12.3. The second-order valence-electron chi connectivity index (χ2n) is 9.95. The minimum absolute atomic E-state index is 0.00614. The molecule has 2 fully saturated rings. The predicted molar refractivity (Wildman–Crippen MR) is 131 cm³/mol. The summed E-state index contributed by atoms with van der Waals surface area (Å²) in [6, 6.07) is 6.28. The third-order valence-electron chi connectivity index (χ3n) is 7.73. The summed E-state index contributed by atoms with van der Waals surface area (Å²) in [7, 11) is 0. The third-order valence-corrected chi connectivity index (χ3v) is 7.73. The molecule has 4 rings (SSSR count). The summed E-state index contributed by atoms with van der Waals surface area (Å²) < 4.78 is 75.0. The highest BCUT2D eigenvalue weighted by atomic mass is 19.2. The molecular weight excluding hydrogens is 472 g/mol. The molecule has 0 aromatic heterocycles. The van der Waals surface area contributed by atoms with Crippen LogP contribution in [-0.2, 0) is 4.74 Å². The van der Waals surface area contributed by atoms with Crippen molar-refractivity contribution < 1.29 is 31.8 Å². The van der Waals surface area contributed by atoms with Crippen molar-refractivity contribution >= 4 is 0 Å². The lowest BCUT2D eigenvalue weighted by Crippen LogP contribution is -2.22. The highest BCUT2D eigenvalue weighted by Gasteiger charge is 2.29. The Hall–Kier alpha value is -2.28. The maximum Gasteiger partial charge on any atom is 0.200 e. The average molecular weight is 509 g/mol. The van der Waals surface area contributed by atoms with E-state index in [0.717, 1.165) is 38.5 Å². The Balaban J connectivity index is 1.30. The van der Waals surface area contributed by atoms with E-state index in [-0.39, 0.29) is 48.6 Å². The standard InChI is InChI=1S/C29H36F4O3/c1-3-34-21-11-9-20(10-12-21)23-14-16-25(29(33)27(23)31)36-17-18-5-7-19(8-6-18)22-13-15-24(35-4-2)28(32)26(22)30/h13-16,18-21H,3-12,17H2,1-2H3. The van der Waals surface area contributed by atoms with E-state index in [0.29, 0.717) is 30.6 Å². The van der Waals surface area contributed by atoms with Gasteiger partial charge in [0.25, 0.3) is 0 Å². The first kappa shape index (κ1) is 26.8. The molecular formula is C29H36F4O3. The van der Waals surface area contributed by atoms with Gasteiger partial charge in [-0.25, -0.2) is 8.78 Å². The number of halogens is 4. The summed E-state index contributed by atoms with van der Waals surface area (Å²) in [5, 5.41) is 0. The van der Waals surface area contributed by atoms with Gasteiger partial charge in [-0.2, -0.15) is 8.78 Å². The fourth-order valence-electron chi connectivity index (χ4n) is 5.73. The van der Waals surface area contributed by atoms with Crippen LogP contribution in [0.1, 0.15) is 88.2 Å². The Labute approximate surface area is 211 Å². The van der Waals surface area contributed by atoms with E-state index in [1.165, 1.54) is 12.1 Å². The van der Waals surface area contributed by atoms with Crippen molar-refractivity contribution in [3.05, 3.63) is 58.7 Å². The van der Waals surface area contributed by atoms with Gasteiger partial charge in [-0.15, -0.1) is 0 Å². The molecule has 0 N–H and O–H groups in total. The first-order valence-electron chi connectivity index (χ1n) is 13.3. The van der Waals surface area contributed by atoms with Crippen LogP contribution in [0.15, 0.2) is 24.3 Å². The van der Waals surface area contributed by atoms with Crippen LogP contribution in [0.4, 0.5) is 17.6 Å². The fraction of sp³-hybridized carbons (Fsp3) is 0.586. The summed E-state index contributed by atoms with van der Waals surface area (Å²) >= 11 is 0. The van der Waals surface area contributed by atoms with Crippen molar-refractivity contribution in [3.8, 4) is 11.5 Å². The normalized spacial score (nSPS) is 24.5. The van der Waals surface area contributed by atoms with Gasteiger partial charge in [-0.3, -0.25) is 0 Å². The van der Waals surface area contributed by atoms with Crippen LogP contribution in [0.3, 0.4) is 0 Å².